The van der Waals surface area contributed by atoms with Crippen LogP contribution in [0.15, 0.2) is 18.3 Å². The Bertz CT molecular complexity index is 562. The molecule has 6 heteroatoms. The molecule has 0 saturated carbocycles. The van der Waals surface area contributed by atoms with Gasteiger partial charge in [0.25, 0.3) is 0 Å². The summed E-state index contributed by atoms with van der Waals surface area (Å²) in [6, 6.07) is 3.49. The minimum absolute atomic E-state index is 0.241. The fourth-order valence-corrected chi connectivity index (χ4v) is 1.65. The Hall–Kier alpha value is -2.08. The quantitative estimate of drug-likeness (QED) is 0.787. The number of imidazole rings is 1. The van der Waals surface area contributed by atoms with Gasteiger partial charge in [-0.15, -0.1) is 0 Å². The Balaban J connectivity index is 2.70. The maximum atomic E-state index is 11.6. The van der Waals surface area contributed by atoms with Crippen molar-refractivity contribution in [2.24, 2.45) is 5.73 Å². The average Bonchev–Trinajstić information content (AvgIpc) is 2.75. The molecular formula is C11H13N3O3. The van der Waals surface area contributed by atoms with Crippen LogP contribution in [0.4, 0.5) is 0 Å². The van der Waals surface area contributed by atoms with Gasteiger partial charge in [0.05, 0.1) is 26.3 Å². The van der Waals surface area contributed by atoms with E-state index in [0.29, 0.717) is 17.1 Å². The van der Waals surface area contributed by atoms with Crippen molar-refractivity contribution in [1.29, 1.82) is 0 Å². The van der Waals surface area contributed by atoms with E-state index in [0.717, 1.165) is 0 Å². The number of carbonyl (C=O) groups excluding carboxylic acids is 1. The standard InChI is InChI=1S/C11H13N3O3/c1-16-7-3-4-14-8(5-7)10(11(15)17-2)13-9(14)6-12/h3-5H,6,12H2,1-2H3. The van der Waals surface area contributed by atoms with Crippen LogP contribution in [-0.2, 0) is 11.3 Å². The Labute approximate surface area is 98.0 Å². The van der Waals surface area contributed by atoms with E-state index in [4.69, 9.17) is 10.5 Å². The van der Waals surface area contributed by atoms with E-state index in [1.54, 1.807) is 29.8 Å². The van der Waals surface area contributed by atoms with Crippen molar-refractivity contribution in [2.45, 2.75) is 6.54 Å². The summed E-state index contributed by atoms with van der Waals surface area (Å²) in [4.78, 5) is 15.7. The van der Waals surface area contributed by atoms with Gasteiger partial charge in [-0.1, -0.05) is 0 Å². The number of esters is 1. The van der Waals surface area contributed by atoms with Gasteiger partial charge in [-0.25, -0.2) is 9.78 Å². The summed E-state index contributed by atoms with van der Waals surface area (Å²) in [7, 11) is 2.87. The highest BCUT2D eigenvalue weighted by molar-refractivity contribution is 5.95. The number of nitrogens with zero attached hydrogens (tertiary/aromatic N) is 2. The van der Waals surface area contributed by atoms with Crippen LogP contribution in [0.1, 0.15) is 16.3 Å². The third-order valence-electron chi connectivity index (χ3n) is 2.48. The third kappa shape index (κ3) is 1.83. The first-order chi connectivity index (χ1) is 8.21. The van der Waals surface area contributed by atoms with Crippen molar-refractivity contribution in [1.82, 2.24) is 9.38 Å². The first-order valence-electron chi connectivity index (χ1n) is 5.04. The smallest absolute Gasteiger partial charge is 0.358 e. The van der Waals surface area contributed by atoms with Crippen molar-refractivity contribution in [3.05, 3.63) is 29.8 Å². The van der Waals surface area contributed by atoms with Crippen molar-refractivity contribution in [3.8, 4) is 5.75 Å². The number of aromatic nitrogens is 2. The van der Waals surface area contributed by atoms with E-state index in [2.05, 4.69) is 9.72 Å². The molecule has 0 amide bonds. The lowest BCUT2D eigenvalue weighted by molar-refractivity contribution is 0.0597. The second kappa shape index (κ2) is 4.42. The van der Waals surface area contributed by atoms with Crippen LogP contribution in [0.3, 0.4) is 0 Å². The molecule has 0 aliphatic rings. The van der Waals surface area contributed by atoms with Gasteiger partial charge in [-0.05, 0) is 6.07 Å². The number of pyridine rings is 1. The van der Waals surface area contributed by atoms with Crippen LogP contribution in [0, 0.1) is 0 Å². The lowest BCUT2D eigenvalue weighted by Gasteiger charge is -2.02. The molecule has 0 aliphatic carbocycles. The topological polar surface area (TPSA) is 78.8 Å². The van der Waals surface area contributed by atoms with Crippen LogP contribution >= 0.6 is 0 Å². The van der Waals surface area contributed by atoms with Gasteiger partial charge in [-0.2, -0.15) is 0 Å². The number of nitrogens with two attached hydrogens (primary N) is 1. The Morgan fingerprint density at radius 2 is 2.29 bits per heavy atom. The lowest BCUT2D eigenvalue weighted by Crippen LogP contribution is -2.03. The van der Waals surface area contributed by atoms with Crippen molar-refractivity contribution in [2.75, 3.05) is 14.2 Å². The molecule has 0 unspecified atom stereocenters. The maximum Gasteiger partial charge on any atom is 0.358 e. The zero-order valence-corrected chi connectivity index (χ0v) is 9.64. The normalized spacial score (nSPS) is 10.5. The maximum absolute atomic E-state index is 11.6. The number of ether oxygens (including phenoxy) is 2. The van der Waals surface area contributed by atoms with E-state index in [1.165, 1.54) is 7.11 Å². The van der Waals surface area contributed by atoms with E-state index in [9.17, 15) is 4.79 Å². The van der Waals surface area contributed by atoms with Crippen molar-refractivity contribution < 1.29 is 14.3 Å². The number of carbonyl (C=O) groups is 1. The van der Waals surface area contributed by atoms with E-state index < -0.39 is 5.97 Å². The third-order valence-corrected chi connectivity index (χ3v) is 2.48. The summed E-state index contributed by atoms with van der Waals surface area (Å²) in [5, 5.41) is 0. The molecule has 0 spiro atoms. The van der Waals surface area contributed by atoms with Crippen molar-refractivity contribution >= 4 is 11.5 Å². The molecule has 0 aromatic carbocycles. The fraction of sp³-hybridized carbons (Fsp3) is 0.273. The number of fused-ring (bicyclic) bond motifs is 1. The van der Waals surface area contributed by atoms with Crippen LogP contribution in [-0.4, -0.2) is 29.6 Å². The van der Waals surface area contributed by atoms with Crippen LogP contribution in [0.2, 0.25) is 0 Å². The molecule has 0 atom stereocenters. The van der Waals surface area contributed by atoms with Gasteiger partial charge >= 0.3 is 5.97 Å². The van der Waals surface area contributed by atoms with Crippen molar-refractivity contribution in [3.63, 3.8) is 0 Å². The molecule has 2 aromatic rings. The highest BCUT2D eigenvalue weighted by atomic mass is 16.5. The Morgan fingerprint density at radius 3 is 2.88 bits per heavy atom. The number of hydrogen-bond donors (Lipinski definition) is 1. The number of rotatable bonds is 3. The predicted octanol–water partition coefficient (Wildman–Crippen LogP) is 0.588. The molecule has 2 heterocycles. The van der Waals surface area contributed by atoms with Gasteiger partial charge in [-0.3, -0.25) is 0 Å². The largest absolute Gasteiger partial charge is 0.497 e. The molecule has 17 heavy (non-hydrogen) atoms. The second-order valence-electron chi connectivity index (χ2n) is 3.39. The molecule has 0 bridgehead atoms. The minimum Gasteiger partial charge on any atom is -0.497 e. The zero-order chi connectivity index (χ0) is 12.4. The Morgan fingerprint density at radius 1 is 1.53 bits per heavy atom. The van der Waals surface area contributed by atoms with Gasteiger partial charge < -0.3 is 19.6 Å². The minimum atomic E-state index is -0.490. The summed E-state index contributed by atoms with van der Waals surface area (Å²) >= 11 is 0. The highest BCUT2D eigenvalue weighted by Gasteiger charge is 2.17. The van der Waals surface area contributed by atoms with Crippen LogP contribution < -0.4 is 10.5 Å². The number of hydrogen-bond acceptors (Lipinski definition) is 5. The van der Waals surface area contributed by atoms with Gasteiger partial charge in [0, 0.05) is 12.3 Å². The molecule has 0 radical (unpaired) electrons. The van der Waals surface area contributed by atoms with E-state index in [-0.39, 0.29) is 12.2 Å². The predicted molar refractivity (Wildman–Crippen MR) is 61.0 cm³/mol. The molecule has 0 aliphatic heterocycles. The zero-order valence-electron chi connectivity index (χ0n) is 9.64. The summed E-state index contributed by atoms with van der Waals surface area (Å²) in [5.41, 5.74) is 6.44. The first kappa shape index (κ1) is 11.4. The lowest BCUT2D eigenvalue weighted by atomic mass is 10.3. The average molecular weight is 235 g/mol. The van der Waals surface area contributed by atoms with E-state index >= 15 is 0 Å². The van der Waals surface area contributed by atoms with Gasteiger partial charge in [0.15, 0.2) is 5.69 Å². The fourth-order valence-electron chi connectivity index (χ4n) is 1.65. The molecule has 2 aromatic heterocycles. The summed E-state index contributed by atoms with van der Waals surface area (Å²) in [5.74, 6) is 0.754. The van der Waals surface area contributed by atoms with Gasteiger partial charge in [0.1, 0.15) is 11.6 Å². The summed E-state index contributed by atoms with van der Waals surface area (Å²) in [6.07, 6.45) is 1.76. The first-order valence-corrected chi connectivity index (χ1v) is 5.04. The van der Waals surface area contributed by atoms with Gasteiger partial charge in [0.2, 0.25) is 0 Å². The Kier molecular flexibility index (Phi) is 2.97. The molecule has 0 fully saturated rings. The van der Waals surface area contributed by atoms with Crippen LogP contribution in [0.5, 0.6) is 5.75 Å². The van der Waals surface area contributed by atoms with E-state index in [1.807, 2.05) is 0 Å². The second-order valence-corrected chi connectivity index (χ2v) is 3.39. The molecule has 2 N–H and O–H groups in total. The molecular weight excluding hydrogens is 222 g/mol. The van der Waals surface area contributed by atoms with Crippen LogP contribution in [0.25, 0.3) is 5.52 Å². The SMILES string of the molecule is COC(=O)c1nc(CN)n2ccc(OC)cc12. The highest BCUT2D eigenvalue weighted by Crippen LogP contribution is 2.19. The number of methoxy groups -OCH3 is 2. The summed E-state index contributed by atoms with van der Waals surface area (Å²) in [6.45, 7) is 0.241. The molecule has 6 nitrogen and oxygen atoms in total. The summed E-state index contributed by atoms with van der Waals surface area (Å²) < 4.78 is 11.5. The monoisotopic (exact) mass is 235 g/mol. The molecule has 90 valence electrons. The molecule has 2 rings (SSSR count). The molecule has 0 saturated heterocycles.